The van der Waals surface area contributed by atoms with E-state index in [4.69, 9.17) is 35.0 Å². The third-order valence-corrected chi connectivity index (χ3v) is 4.90. The van der Waals surface area contributed by atoms with Gasteiger partial charge in [-0.15, -0.1) is 0 Å². The van der Waals surface area contributed by atoms with Gasteiger partial charge in [-0.2, -0.15) is 0 Å². The van der Waals surface area contributed by atoms with E-state index in [1.54, 1.807) is 36.4 Å². The lowest BCUT2D eigenvalue weighted by Gasteiger charge is -2.47. The normalized spacial score (nSPS) is 32.4. The number of nitrogens with one attached hydrogen (secondary N) is 1. The number of halogens is 1. The highest BCUT2D eigenvalue weighted by molar-refractivity contribution is 6.32. The molecule has 2 saturated heterocycles. The zero-order valence-electron chi connectivity index (χ0n) is 15.0. The average molecular weight is 410 g/mol. The van der Waals surface area contributed by atoms with Gasteiger partial charge in [0, 0.05) is 6.92 Å². The number of aliphatic hydroxyl groups excluding tert-OH is 1. The summed E-state index contributed by atoms with van der Waals surface area (Å²) < 4.78 is 28.6. The van der Waals surface area contributed by atoms with Crippen molar-refractivity contribution in [3.63, 3.8) is 0 Å². The predicted molar refractivity (Wildman–Crippen MR) is 96.6 cm³/mol. The first kappa shape index (κ1) is 19.2. The Morgan fingerprint density at radius 2 is 2.07 bits per heavy atom. The summed E-state index contributed by atoms with van der Waals surface area (Å²) in [5, 5.41) is 14.0. The van der Waals surface area contributed by atoms with Crippen LogP contribution in [0.2, 0.25) is 5.02 Å². The molecule has 1 amide bonds. The standard InChI is InChI=1S/C19H20ClNO7/c1-10(22)21-15-16(23)17-14(9-25-18(28-17)13-7-4-8-24-13)27-19(15)26-12-6-3-2-5-11(12)20/h2-8,14-19,23H,9H2,1H3,(H,21,22)/t14-,15+,16-,17-,18+,19-/m1/s1. The SMILES string of the molecule is CC(=O)N[C@@H]1[C@H](Oc2ccccc2Cl)O[C@@H]2CO[C@H](c3ccco3)O[C@H]2[C@@H]1O. The third-order valence-electron chi connectivity index (χ3n) is 4.59. The Kier molecular flexibility index (Phi) is 5.56. The van der Waals surface area contributed by atoms with Crippen LogP contribution in [0.1, 0.15) is 19.0 Å². The van der Waals surface area contributed by atoms with Crippen molar-refractivity contribution in [3.05, 3.63) is 53.4 Å². The third kappa shape index (κ3) is 3.87. The van der Waals surface area contributed by atoms with Crippen LogP contribution in [0, 0.1) is 0 Å². The van der Waals surface area contributed by atoms with Gasteiger partial charge in [0.05, 0.1) is 17.9 Å². The van der Waals surface area contributed by atoms with Crippen LogP contribution in [0.4, 0.5) is 0 Å². The predicted octanol–water partition coefficient (Wildman–Crippen LogP) is 2.02. The number of carbonyl (C=O) groups excluding carboxylic acids is 1. The number of hydrogen-bond donors (Lipinski definition) is 2. The summed E-state index contributed by atoms with van der Waals surface area (Å²) in [5.41, 5.74) is 0. The molecule has 0 spiro atoms. The van der Waals surface area contributed by atoms with E-state index < -0.39 is 36.9 Å². The topological polar surface area (TPSA) is 99.4 Å². The Bertz CT molecular complexity index is 814. The lowest BCUT2D eigenvalue weighted by molar-refractivity contribution is -0.336. The van der Waals surface area contributed by atoms with E-state index in [9.17, 15) is 9.90 Å². The highest BCUT2D eigenvalue weighted by Crippen LogP contribution is 2.35. The molecule has 1 aromatic heterocycles. The van der Waals surface area contributed by atoms with Crippen LogP contribution in [0.15, 0.2) is 47.1 Å². The molecule has 1 aromatic carbocycles. The summed E-state index contributed by atoms with van der Waals surface area (Å²) >= 11 is 6.16. The summed E-state index contributed by atoms with van der Waals surface area (Å²) in [5.74, 6) is 0.519. The molecule has 2 fully saturated rings. The molecule has 28 heavy (non-hydrogen) atoms. The van der Waals surface area contributed by atoms with E-state index >= 15 is 0 Å². The fraction of sp³-hybridized carbons (Fsp3) is 0.421. The maximum Gasteiger partial charge on any atom is 0.223 e. The Balaban J connectivity index is 1.55. The van der Waals surface area contributed by atoms with Gasteiger partial charge >= 0.3 is 0 Å². The molecular formula is C19H20ClNO7. The van der Waals surface area contributed by atoms with Crippen molar-refractivity contribution in [1.29, 1.82) is 0 Å². The van der Waals surface area contributed by atoms with Gasteiger partial charge in [0.1, 0.15) is 30.1 Å². The van der Waals surface area contributed by atoms with Crippen LogP contribution in [0.5, 0.6) is 5.75 Å². The zero-order valence-corrected chi connectivity index (χ0v) is 15.7. The monoisotopic (exact) mass is 409 g/mol. The number of fused-ring (bicyclic) bond motifs is 1. The van der Waals surface area contributed by atoms with Crippen LogP contribution in [-0.2, 0) is 19.0 Å². The summed E-state index contributed by atoms with van der Waals surface area (Å²) in [6.45, 7) is 1.50. The Morgan fingerprint density at radius 3 is 2.79 bits per heavy atom. The van der Waals surface area contributed by atoms with Gasteiger partial charge in [-0.25, -0.2) is 0 Å². The van der Waals surface area contributed by atoms with E-state index in [1.165, 1.54) is 13.2 Å². The smallest absolute Gasteiger partial charge is 0.223 e. The van der Waals surface area contributed by atoms with Gasteiger partial charge in [0.25, 0.3) is 0 Å². The van der Waals surface area contributed by atoms with Gasteiger partial charge in [-0.05, 0) is 24.3 Å². The van der Waals surface area contributed by atoms with E-state index in [0.29, 0.717) is 16.5 Å². The number of rotatable bonds is 4. The Hall–Kier alpha value is -2.10. The molecule has 9 heteroatoms. The minimum atomic E-state index is -1.10. The molecule has 6 atom stereocenters. The molecule has 2 aromatic rings. The van der Waals surface area contributed by atoms with Crippen LogP contribution in [-0.4, -0.2) is 48.3 Å². The molecule has 0 unspecified atom stereocenters. The van der Waals surface area contributed by atoms with E-state index in [-0.39, 0.29) is 12.5 Å². The molecule has 0 aliphatic carbocycles. The summed E-state index contributed by atoms with van der Waals surface area (Å²) in [4.78, 5) is 11.7. The molecule has 8 nitrogen and oxygen atoms in total. The first-order chi connectivity index (χ1) is 13.5. The number of ether oxygens (including phenoxy) is 4. The van der Waals surface area contributed by atoms with Crippen molar-refractivity contribution >= 4 is 17.5 Å². The second-order valence-corrected chi connectivity index (χ2v) is 7.00. The van der Waals surface area contributed by atoms with Crippen molar-refractivity contribution in [1.82, 2.24) is 5.32 Å². The minimum Gasteiger partial charge on any atom is -0.464 e. The van der Waals surface area contributed by atoms with E-state index in [0.717, 1.165) is 0 Å². The molecule has 0 radical (unpaired) electrons. The summed E-state index contributed by atoms with van der Waals surface area (Å²) in [6.07, 6.45) is -2.68. The molecule has 4 rings (SSSR count). The van der Waals surface area contributed by atoms with Crippen LogP contribution >= 0.6 is 11.6 Å². The van der Waals surface area contributed by atoms with Gasteiger partial charge in [-0.1, -0.05) is 23.7 Å². The van der Waals surface area contributed by atoms with Gasteiger partial charge in [0.15, 0.2) is 5.76 Å². The maximum absolute atomic E-state index is 11.7. The molecule has 0 saturated carbocycles. The lowest BCUT2D eigenvalue weighted by Crippen LogP contribution is -2.67. The second-order valence-electron chi connectivity index (χ2n) is 6.59. The number of carbonyl (C=O) groups is 1. The molecule has 3 heterocycles. The summed E-state index contributed by atoms with van der Waals surface area (Å²) in [6, 6.07) is 9.45. The van der Waals surface area contributed by atoms with Crippen LogP contribution < -0.4 is 10.1 Å². The highest BCUT2D eigenvalue weighted by atomic mass is 35.5. The number of benzene rings is 1. The van der Waals surface area contributed by atoms with Crippen molar-refractivity contribution in [3.8, 4) is 5.75 Å². The first-order valence-corrected chi connectivity index (χ1v) is 9.23. The zero-order chi connectivity index (χ0) is 19.7. The molecule has 2 aliphatic rings. The van der Waals surface area contributed by atoms with Crippen LogP contribution in [0.25, 0.3) is 0 Å². The minimum absolute atomic E-state index is 0.155. The largest absolute Gasteiger partial charge is 0.464 e. The van der Waals surface area contributed by atoms with Gasteiger partial charge in [0.2, 0.25) is 18.5 Å². The van der Waals surface area contributed by atoms with E-state index in [1.807, 2.05) is 0 Å². The van der Waals surface area contributed by atoms with Gasteiger partial charge in [-0.3, -0.25) is 4.79 Å². The Morgan fingerprint density at radius 1 is 1.25 bits per heavy atom. The van der Waals surface area contributed by atoms with E-state index in [2.05, 4.69) is 5.32 Å². The van der Waals surface area contributed by atoms with Crippen LogP contribution in [0.3, 0.4) is 0 Å². The molecule has 2 N–H and O–H groups in total. The number of para-hydroxylation sites is 1. The molecule has 0 bridgehead atoms. The average Bonchev–Trinajstić information content (AvgIpc) is 3.21. The van der Waals surface area contributed by atoms with Crippen molar-refractivity contribution < 1.29 is 33.3 Å². The van der Waals surface area contributed by atoms with Crippen molar-refractivity contribution in [2.75, 3.05) is 6.61 Å². The fourth-order valence-electron chi connectivity index (χ4n) is 3.32. The maximum atomic E-state index is 11.7. The van der Waals surface area contributed by atoms with Crippen molar-refractivity contribution in [2.24, 2.45) is 0 Å². The van der Waals surface area contributed by atoms with Crippen molar-refractivity contribution in [2.45, 2.75) is 43.9 Å². The number of hydrogen-bond acceptors (Lipinski definition) is 7. The quantitative estimate of drug-likeness (QED) is 0.796. The lowest BCUT2D eigenvalue weighted by atomic mass is 9.96. The molecule has 2 aliphatic heterocycles. The Labute approximate surface area is 166 Å². The molecule has 150 valence electrons. The van der Waals surface area contributed by atoms with Gasteiger partial charge < -0.3 is 33.8 Å². The summed E-state index contributed by atoms with van der Waals surface area (Å²) in [7, 11) is 0. The fourth-order valence-corrected chi connectivity index (χ4v) is 3.50. The number of furan rings is 1. The number of amides is 1. The number of aliphatic hydroxyl groups is 1. The highest BCUT2D eigenvalue weighted by Gasteiger charge is 2.51. The molecular weight excluding hydrogens is 390 g/mol. The first-order valence-electron chi connectivity index (χ1n) is 8.85. The second kappa shape index (κ2) is 8.10.